The van der Waals surface area contributed by atoms with Crippen molar-refractivity contribution in [1.82, 2.24) is 9.80 Å². The number of fused-ring (bicyclic) bond motifs is 2. The smallest absolute Gasteiger partial charge is 0.550 e. The van der Waals surface area contributed by atoms with Crippen molar-refractivity contribution in [1.29, 1.82) is 0 Å². The molecule has 2 aromatic carbocycles. The Morgan fingerprint density at radius 2 is 0.837 bits per heavy atom. The van der Waals surface area contributed by atoms with Crippen molar-refractivity contribution in [3.8, 4) is 0 Å². The number of carboxylic acid groups (broad SMARTS) is 2. The fraction of sp³-hybridized carbons (Fsp3) is 0.579. The molecule has 2 aromatic rings. The van der Waals surface area contributed by atoms with Crippen LogP contribution < -0.4 is 10.2 Å². The molecule has 2 unspecified atom stereocenters. The predicted octanol–water partition coefficient (Wildman–Crippen LogP) is 1.24. The topological polar surface area (TPSA) is 184 Å². The van der Waals surface area contributed by atoms with E-state index in [-0.39, 0.29) is 73.3 Å². The number of benzene rings is 2. The number of nitrogens with zero attached hydrogens (tertiary/aromatic N) is 2. The molecule has 4 fully saturated rings. The minimum absolute atomic E-state index is 0. The van der Waals surface area contributed by atoms with Crippen LogP contribution in [0.1, 0.15) is 75.3 Å². The van der Waals surface area contributed by atoms with Crippen LogP contribution in [0.4, 0.5) is 0 Å². The first-order valence-corrected chi connectivity index (χ1v) is 17.3. The van der Waals surface area contributed by atoms with E-state index in [2.05, 4.69) is 0 Å². The molecule has 4 N–H and O–H groups in total. The monoisotopic (exact) mass is 704 g/mol. The van der Waals surface area contributed by atoms with Gasteiger partial charge in [0, 0.05) is 62.8 Å². The van der Waals surface area contributed by atoms with Gasteiger partial charge in [0.15, 0.2) is 0 Å². The molecule has 0 radical (unpaired) electrons. The van der Waals surface area contributed by atoms with Gasteiger partial charge in [-0.1, -0.05) is 86.3 Å². The molecule has 10 nitrogen and oxygen atoms in total. The molecule has 11 heteroatoms. The molecule has 2 saturated heterocycles. The van der Waals surface area contributed by atoms with Gasteiger partial charge in [0.25, 0.3) is 0 Å². The van der Waals surface area contributed by atoms with Gasteiger partial charge < -0.3 is 40.6 Å². The van der Waals surface area contributed by atoms with Crippen LogP contribution in [0.15, 0.2) is 60.7 Å². The normalized spacial score (nSPS) is 23.4. The molecule has 0 aromatic heterocycles. The Hall–Kier alpha value is -2.50. The molecule has 4 aliphatic rings. The maximum Gasteiger partial charge on any atom is 2.00 e. The molecule has 2 aliphatic heterocycles. The van der Waals surface area contributed by atoms with Crippen molar-refractivity contribution >= 4 is 61.5 Å². The van der Waals surface area contributed by atoms with E-state index in [9.17, 15) is 29.4 Å². The second kappa shape index (κ2) is 21.0. The maximum absolute atomic E-state index is 12.5. The zero-order chi connectivity index (χ0) is 32.5. The standard InChI is InChI=1S/2C19H25NO3.Ca.2H2O/c2*21-18(20-12-15-8-4-5-9-16(15)13-20)11-17(19(22)23)10-14-6-2-1-3-7-14;;;/h2*1-3,6-7,15-17H,4-5,8-13H2,(H,22,23);;2*1H2/q;;+2;;/p-2/t2*15-,16+,17?;;;. The molecule has 264 valence electrons. The number of carbonyl (C=O) groups excluding carboxylic acids is 4. The van der Waals surface area contributed by atoms with E-state index in [4.69, 9.17) is 0 Å². The Kier molecular flexibility index (Phi) is 18.3. The molecule has 6 atom stereocenters. The molecular formula is C38H52CaN2O8. The second-order valence-corrected chi connectivity index (χ2v) is 14.0. The Balaban J connectivity index is 0.000000321. The van der Waals surface area contributed by atoms with Crippen LogP contribution in [0.2, 0.25) is 0 Å². The van der Waals surface area contributed by atoms with Crippen molar-refractivity contribution < 1.29 is 40.3 Å². The van der Waals surface area contributed by atoms with Crippen LogP contribution in [0.3, 0.4) is 0 Å². The molecule has 49 heavy (non-hydrogen) atoms. The number of aliphatic carboxylic acids is 2. The van der Waals surface area contributed by atoms with Gasteiger partial charge in [-0.25, -0.2) is 0 Å². The molecule has 0 spiro atoms. The van der Waals surface area contributed by atoms with Crippen LogP contribution in [0.5, 0.6) is 0 Å². The van der Waals surface area contributed by atoms with Crippen LogP contribution in [0.25, 0.3) is 0 Å². The fourth-order valence-corrected chi connectivity index (χ4v) is 8.17. The van der Waals surface area contributed by atoms with Crippen molar-refractivity contribution in [3.05, 3.63) is 71.8 Å². The Labute approximate surface area is 320 Å². The summed E-state index contributed by atoms with van der Waals surface area (Å²) in [6.45, 7) is 3.26. The number of likely N-dealkylation sites (tertiary alicyclic amines) is 2. The van der Waals surface area contributed by atoms with Crippen molar-refractivity contribution in [2.24, 2.45) is 35.5 Å². The van der Waals surface area contributed by atoms with E-state index in [1.807, 2.05) is 70.5 Å². The summed E-state index contributed by atoms with van der Waals surface area (Å²) in [6, 6.07) is 18.9. The Bertz CT molecular complexity index is 1200. The first-order chi connectivity index (χ1) is 22.3. The first kappa shape index (κ1) is 42.7. The van der Waals surface area contributed by atoms with Gasteiger partial charge in [0.2, 0.25) is 11.8 Å². The van der Waals surface area contributed by atoms with E-state index in [0.717, 1.165) is 37.3 Å². The predicted molar refractivity (Wildman–Crippen MR) is 184 cm³/mol. The summed E-state index contributed by atoms with van der Waals surface area (Å²) in [5.74, 6) is -1.27. The SMILES string of the molecule is O.O.O=C([O-])C(CC(=O)N1C[C@H]2CCCC[C@H]2C1)Cc1ccccc1.O=C([O-])C(CC(=O)N1C[C@H]2CCCC[C@H]2C1)Cc1ccccc1.[Ca+2]. The third-order valence-corrected chi connectivity index (χ3v) is 10.8. The zero-order valence-electron chi connectivity index (χ0n) is 28.6. The summed E-state index contributed by atoms with van der Waals surface area (Å²) in [5, 5.41) is 22.8. The van der Waals surface area contributed by atoms with Gasteiger partial charge in [0.1, 0.15) is 0 Å². The minimum atomic E-state index is -1.13. The third-order valence-electron chi connectivity index (χ3n) is 10.8. The summed E-state index contributed by atoms with van der Waals surface area (Å²) >= 11 is 0. The average Bonchev–Trinajstić information content (AvgIpc) is 3.70. The quantitative estimate of drug-likeness (QED) is 0.335. The molecular weight excluding hydrogens is 653 g/mol. The molecule has 2 aliphatic carbocycles. The number of carboxylic acids is 2. The van der Waals surface area contributed by atoms with Crippen LogP contribution >= 0.6 is 0 Å². The molecule has 2 heterocycles. The van der Waals surface area contributed by atoms with Gasteiger partial charge in [0.05, 0.1) is 0 Å². The van der Waals surface area contributed by atoms with E-state index in [1.165, 1.54) is 51.4 Å². The molecule has 6 rings (SSSR count). The van der Waals surface area contributed by atoms with Crippen LogP contribution in [-0.2, 0) is 32.0 Å². The maximum atomic E-state index is 12.5. The third kappa shape index (κ3) is 12.3. The summed E-state index contributed by atoms with van der Waals surface area (Å²) in [5.41, 5.74) is 1.87. The van der Waals surface area contributed by atoms with Gasteiger partial charge in [-0.05, 0) is 73.3 Å². The van der Waals surface area contributed by atoms with Crippen molar-refractivity contribution in [2.75, 3.05) is 26.2 Å². The van der Waals surface area contributed by atoms with Crippen molar-refractivity contribution in [3.63, 3.8) is 0 Å². The number of carbonyl (C=O) groups is 4. The minimum Gasteiger partial charge on any atom is -0.550 e. The van der Waals surface area contributed by atoms with E-state index < -0.39 is 23.8 Å². The van der Waals surface area contributed by atoms with E-state index >= 15 is 0 Å². The first-order valence-electron chi connectivity index (χ1n) is 17.3. The van der Waals surface area contributed by atoms with Gasteiger partial charge in [-0.3, -0.25) is 9.59 Å². The van der Waals surface area contributed by atoms with Crippen molar-refractivity contribution in [2.45, 2.75) is 77.0 Å². The number of hydrogen-bond acceptors (Lipinski definition) is 6. The van der Waals surface area contributed by atoms with Gasteiger partial charge >= 0.3 is 37.7 Å². The van der Waals surface area contributed by atoms with E-state index in [1.54, 1.807) is 0 Å². The second-order valence-electron chi connectivity index (χ2n) is 14.0. The number of hydrogen-bond donors (Lipinski definition) is 0. The number of amides is 2. The Morgan fingerprint density at radius 3 is 1.10 bits per heavy atom. The molecule has 0 bridgehead atoms. The zero-order valence-corrected chi connectivity index (χ0v) is 30.8. The number of rotatable bonds is 10. The van der Waals surface area contributed by atoms with Gasteiger partial charge in [-0.15, -0.1) is 0 Å². The van der Waals surface area contributed by atoms with E-state index in [0.29, 0.717) is 36.5 Å². The summed E-state index contributed by atoms with van der Waals surface area (Å²) in [6.07, 6.45) is 10.7. The average molecular weight is 705 g/mol. The molecule has 2 saturated carbocycles. The molecule has 2 amide bonds. The Morgan fingerprint density at radius 1 is 0.551 bits per heavy atom. The fourth-order valence-electron chi connectivity index (χ4n) is 8.17. The van der Waals surface area contributed by atoms with Gasteiger partial charge in [-0.2, -0.15) is 0 Å². The summed E-state index contributed by atoms with van der Waals surface area (Å²) in [4.78, 5) is 51.7. The van der Waals surface area contributed by atoms with Crippen LogP contribution in [-0.4, -0.2) is 108 Å². The summed E-state index contributed by atoms with van der Waals surface area (Å²) in [7, 11) is 0. The summed E-state index contributed by atoms with van der Waals surface area (Å²) < 4.78 is 0. The van der Waals surface area contributed by atoms with Crippen LogP contribution in [0, 0.1) is 35.5 Å². The largest absolute Gasteiger partial charge is 2.00 e.